The van der Waals surface area contributed by atoms with Crippen molar-refractivity contribution in [1.29, 1.82) is 0 Å². The highest BCUT2D eigenvalue weighted by Crippen LogP contribution is 2.25. The Morgan fingerprint density at radius 1 is 1.45 bits per heavy atom. The van der Waals surface area contributed by atoms with Gasteiger partial charge in [-0.15, -0.1) is 0 Å². The molecule has 1 aromatic carbocycles. The summed E-state index contributed by atoms with van der Waals surface area (Å²) in [4.78, 5) is 12.1. The number of amides is 1. The summed E-state index contributed by atoms with van der Waals surface area (Å²) in [5, 5.41) is 16.5. The molecule has 0 saturated carbocycles. The van der Waals surface area contributed by atoms with Crippen molar-refractivity contribution in [1.82, 2.24) is 5.32 Å². The fourth-order valence-electron chi connectivity index (χ4n) is 2.20. The van der Waals surface area contributed by atoms with Gasteiger partial charge in [0.1, 0.15) is 5.75 Å². The van der Waals surface area contributed by atoms with Gasteiger partial charge in [0.25, 0.3) is 5.91 Å². The number of carbonyl (C=O) groups is 1. The molecule has 0 spiro atoms. The molecule has 4 nitrogen and oxygen atoms in total. The number of benzene rings is 1. The lowest BCUT2D eigenvalue weighted by Crippen LogP contribution is -2.28. The molecule has 1 aliphatic heterocycles. The van der Waals surface area contributed by atoms with Crippen LogP contribution in [0, 0.1) is 0 Å². The zero-order chi connectivity index (χ0) is 13.9. The van der Waals surface area contributed by atoms with Crippen LogP contribution in [-0.4, -0.2) is 24.2 Å². The third-order valence-corrected chi connectivity index (χ3v) is 4.04. The van der Waals surface area contributed by atoms with Gasteiger partial charge in [0.05, 0.1) is 12.7 Å². The van der Waals surface area contributed by atoms with Crippen molar-refractivity contribution in [3.8, 4) is 5.75 Å². The predicted octanol–water partition coefficient (Wildman–Crippen LogP) is 2.15. The number of carbonyl (C=O) groups excluding carboxylic acids is 1. The highest BCUT2D eigenvalue weighted by atomic mass is 32.1. The summed E-state index contributed by atoms with van der Waals surface area (Å²) in [6, 6.07) is 7.28. The molecular weight excluding hydrogens is 274 g/mol. The minimum absolute atomic E-state index is 0.172. The topological polar surface area (TPSA) is 58.6 Å². The van der Waals surface area contributed by atoms with Crippen molar-refractivity contribution in [3.05, 3.63) is 51.7 Å². The fraction of sp³-hybridized carbons (Fsp3) is 0.267. The minimum Gasteiger partial charge on any atom is -0.493 e. The van der Waals surface area contributed by atoms with Crippen molar-refractivity contribution >= 4 is 17.2 Å². The van der Waals surface area contributed by atoms with Gasteiger partial charge in [0, 0.05) is 18.5 Å². The minimum atomic E-state index is -0.664. The van der Waals surface area contributed by atoms with Gasteiger partial charge in [-0.3, -0.25) is 4.79 Å². The lowest BCUT2D eigenvalue weighted by Gasteiger charge is -2.11. The maximum atomic E-state index is 12.1. The second-order valence-corrected chi connectivity index (χ2v) is 5.48. The molecule has 3 rings (SSSR count). The molecule has 1 aliphatic rings. The zero-order valence-corrected chi connectivity index (χ0v) is 11.7. The Morgan fingerprint density at radius 2 is 2.35 bits per heavy atom. The Balaban J connectivity index is 1.62. The van der Waals surface area contributed by atoms with Crippen molar-refractivity contribution in [3.63, 3.8) is 0 Å². The van der Waals surface area contributed by atoms with Crippen LogP contribution in [0.4, 0.5) is 0 Å². The van der Waals surface area contributed by atoms with Crippen LogP contribution in [-0.2, 0) is 6.42 Å². The number of aliphatic hydroxyl groups excluding tert-OH is 1. The van der Waals surface area contributed by atoms with Crippen LogP contribution in [0.25, 0.3) is 0 Å². The van der Waals surface area contributed by atoms with Crippen molar-refractivity contribution in [2.75, 3.05) is 13.2 Å². The standard InChI is InChI=1S/C15H15NO3S/c17-13(12-4-6-20-9-12)8-16-15(18)11-1-2-14-10(7-11)3-5-19-14/h1-2,4,6-7,9,13,17H,3,5,8H2,(H,16,18). The largest absolute Gasteiger partial charge is 0.493 e. The Bertz CT molecular complexity index is 610. The van der Waals surface area contributed by atoms with Crippen molar-refractivity contribution in [2.24, 2.45) is 0 Å². The van der Waals surface area contributed by atoms with E-state index in [1.807, 2.05) is 29.0 Å². The van der Waals surface area contributed by atoms with Gasteiger partial charge >= 0.3 is 0 Å². The van der Waals surface area contributed by atoms with Crippen LogP contribution in [0.2, 0.25) is 0 Å². The summed E-state index contributed by atoms with van der Waals surface area (Å²) < 4.78 is 5.41. The Kier molecular flexibility index (Phi) is 3.71. The number of fused-ring (bicyclic) bond motifs is 1. The number of thiophene rings is 1. The number of rotatable bonds is 4. The summed E-state index contributed by atoms with van der Waals surface area (Å²) in [5.41, 5.74) is 2.50. The molecule has 2 N–H and O–H groups in total. The van der Waals surface area contributed by atoms with Crippen molar-refractivity contribution < 1.29 is 14.6 Å². The maximum Gasteiger partial charge on any atom is 0.251 e. The third kappa shape index (κ3) is 2.69. The van der Waals surface area contributed by atoms with E-state index in [4.69, 9.17) is 4.74 Å². The smallest absolute Gasteiger partial charge is 0.251 e. The van der Waals surface area contributed by atoms with E-state index in [2.05, 4.69) is 5.32 Å². The second kappa shape index (κ2) is 5.64. The van der Waals surface area contributed by atoms with Crippen molar-refractivity contribution in [2.45, 2.75) is 12.5 Å². The Morgan fingerprint density at radius 3 is 3.15 bits per heavy atom. The summed E-state index contributed by atoms with van der Waals surface area (Å²) in [5.74, 6) is 0.689. The number of aliphatic hydroxyl groups is 1. The van der Waals surface area contributed by atoms with Gasteiger partial charge in [-0.25, -0.2) is 0 Å². The molecule has 1 amide bonds. The molecule has 104 valence electrons. The van der Waals surface area contributed by atoms with E-state index in [-0.39, 0.29) is 12.5 Å². The van der Waals surface area contributed by atoms with E-state index in [1.165, 1.54) is 11.3 Å². The van der Waals surface area contributed by atoms with E-state index in [0.29, 0.717) is 12.2 Å². The van der Waals surface area contributed by atoms with E-state index in [9.17, 15) is 9.90 Å². The molecule has 1 unspecified atom stereocenters. The zero-order valence-electron chi connectivity index (χ0n) is 10.8. The summed E-state index contributed by atoms with van der Waals surface area (Å²) in [6.07, 6.45) is 0.177. The molecule has 2 aromatic rings. The van der Waals surface area contributed by atoms with Gasteiger partial charge in [-0.1, -0.05) is 0 Å². The highest BCUT2D eigenvalue weighted by Gasteiger charge is 2.16. The van der Waals surface area contributed by atoms with Crippen LogP contribution < -0.4 is 10.1 Å². The highest BCUT2D eigenvalue weighted by molar-refractivity contribution is 7.07. The van der Waals surface area contributed by atoms with Gasteiger partial charge in [-0.05, 0) is 46.2 Å². The molecule has 0 fully saturated rings. The monoisotopic (exact) mass is 289 g/mol. The van der Waals surface area contributed by atoms with Crippen LogP contribution in [0.15, 0.2) is 35.0 Å². The Hall–Kier alpha value is -1.85. The van der Waals surface area contributed by atoms with E-state index in [0.717, 1.165) is 23.3 Å². The SMILES string of the molecule is O=C(NCC(O)c1ccsc1)c1ccc2c(c1)CCO2. The summed E-state index contributed by atoms with van der Waals surface area (Å²) in [7, 11) is 0. The van der Waals surface area contributed by atoms with Gasteiger partial charge in [-0.2, -0.15) is 11.3 Å². The molecule has 0 bridgehead atoms. The molecule has 0 aliphatic carbocycles. The number of ether oxygens (including phenoxy) is 1. The molecule has 1 aromatic heterocycles. The average molecular weight is 289 g/mol. The number of nitrogens with one attached hydrogen (secondary N) is 1. The first-order valence-electron chi connectivity index (χ1n) is 6.48. The maximum absolute atomic E-state index is 12.1. The second-order valence-electron chi connectivity index (χ2n) is 4.70. The van der Waals surface area contributed by atoms with Crippen LogP contribution in [0.5, 0.6) is 5.75 Å². The van der Waals surface area contributed by atoms with E-state index < -0.39 is 6.10 Å². The Labute approximate surface area is 121 Å². The first-order valence-corrected chi connectivity index (χ1v) is 7.42. The first-order chi connectivity index (χ1) is 9.74. The molecule has 20 heavy (non-hydrogen) atoms. The van der Waals surface area contributed by atoms with Gasteiger partial charge < -0.3 is 15.2 Å². The summed E-state index contributed by atoms with van der Waals surface area (Å²) >= 11 is 1.53. The molecule has 1 atom stereocenters. The van der Waals surface area contributed by atoms with Crippen LogP contribution in [0.1, 0.15) is 27.6 Å². The lowest BCUT2D eigenvalue weighted by molar-refractivity contribution is 0.0916. The quantitative estimate of drug-likeness (QED) is 0.906. The summed E-state index contributed by atoms with van der Waals surface area (Å²) in [6.45, 7) is 0.889. The third-order valence-electron chi connectivity index (χ3n) is 3.34. The van der Waals surface area contributed by atoms with E-state index >= 15 is 0 Å². The fourth-order valence-corrected chi connectivity index (χ4v) is 2.91. The average Bonchev–Trinajstić information content (AvgIpc) is 3.13. The normalized spacial score (nSPS) is 14.4. The molecule has 5 heteroatoms. The van der Waals surface area contributed by atoms with Gasteiger partial charge in [0.15, 0.2) is 0 Å². The predicted molar refractivity (Wildman–Crippen MR) is 77.3 cm³/mol. The van der Waals surface area contributed by atoms with E-state index in [1.54, 1.807) is 6.07 Å². The lowest BCUT2D eigenvalue weighted by atomic mass is 10.1. The number of hydrogen-bond acceptors (Lipinski definition) is 4. The number of hydrogen-bond donors (Lipinski definition) is 2. The molecule has 2 heterocycles. The molecule has 0 radical (unpaired) electrons. The van der Waals surface area contributed by atoms with Crippen LogP contribution in [0.3, 0.4) is 0 Å². The molecule has 0 saturated heterocycles. The van der Waals surface area contributed by atoms with Gasteiger partial charge in [0.2, 0.25) is 0 Å². The molecular formula is C15H15NO3S. The van der Waals surface area contributed by atoms with Crippen LogP contribution >= 0.6 is 11.3 Å². The first kappa shape index (κ1) is 13.1.